The molecule has 0 amide bonds. The Morgan fingerprint density at radius 3 is 2.53 bits per heavy atom. The maximum absolute atomic E-state index is 13.2. The zero-order valence-corrected chi connectivity index (χ0v) is 12.0. The van der Waals surface area contributed by atoms with Gasteiger partial charge in [0.2, 0.25) is 10.0 Å². The van der Waals surface area contributed by atoms with E-state index < -0.39 is 21.9 Å². The van der Waals surface area contributed by atoms with Crippen molar-refractivity contribution < 1.29 is 17.9 Å². The highest BCUT2D eigenvalue weighted by atomic mass is 32.2. The summed E-state index contributed by atoms with van der Waals surface area (Å²) in [5.74, 6) is -0.874. The molecule has 7 heteroatoms. The lowest BCUT2D eigenvalue weighted by Gasteiger charge is -2.20. The second-order valence-electron chi connectivity index (χ2n) is 4.71. The predicted octanol–water partition coefficient (Wildman–Crippen LogP) is 1.01. The van der Waals surface area contributed by atoms with Crippen molar-refractivity contribution >= 4 is 15.7 Å². The number of rotatable bonds is 5. The van der Waals surface area contributed by atoms with Crippen molar-refractivity contribution in [2.75, 3.05) is 12.3 Å². The van der Waals surface area contributed by atoms with Crippen LogP contribution in [0.2, 0.25) is 0 Å². The number of nitrogen functional groups attached to an aromatic ring is 1. The number of anilines is 1. The van der Waals surface area contributed by atoms with E-state index >= 15 is 0 Å². The SMILES string of the molecule is Cc1cc(F)c(N)cc1S(=O)(=O)NC(C)C(C)CO. The summed E-state index contributed by atoms with van der Waals surface area (Å²) < 4.78 is 40.0. The van der Waals surface area contributed by atoms with Crippen molar-refractivity contribution in [3.8, 4) is 0 Å². The molecular formula is C12H19FN2O3S. The summed E-state index contributed by atoms with van der Waals surface area (Å²) in [7, 11) is -3.79. The third-order valence-corrected chi connectivity index (χ3v) is 4.77. The largest absolute Gasteiger partial charge is 0.396 e. The van der Waals surface area contributed by atoms with Gasteiger partial charge >= 0.3 is 0 Å². The van der Waals surface area contributed by atoms with Gasteiger partial charge in [0.25, 0.3) is 0 Å². The number of nitrogens with one attached hydrogen (secondary N) is 1. The zero-order valence-electron chi connectivity index (χ0n) is 11.1. The predicted molar refractivity (Wildman–Crippen MR) is 71.6 cm³/mol. The van der Waals surface area contributed by atoms with E-state index in [9.17, 15) is 12.8 Å². The van der Waals surface area contributed by atoms with Gasteiger partial charge in [-0.1, -0.05) is 6.92 Å². The Morgan fingerprint density at radius 2 is 2.00 bits per heavy atom. The van der Waals surface area contributed by atoms with Crippen molar-refractivity contribution in [1.82, 2.24) is 4.72 Å². The molecule has 0 radical (unpaired) electrons. The Bertz CT molecular complexity index is 560. The smallest absolute Gasteiger partial charge is 0.241 e. The molecule has 2 unspecified atom stereocenters. The molecule has 0 saturated heterocycles. The summed E-state index contributed by atoms with van der Waals surface area (Å²) in [5.41, 5.74) is 5.46. The summed E-state index contributed by atoms with van der Waals surface area (Å²) in [5, 5.41) is 9.00. The minimum atomic E-state index is -3.79. The standard InChI is InChI=1S/C12H19FN2O3S/c1-7-4-10(13)11(14)5-12(7)19(17,18)15-9(3)8(2)6-16/h4-5,8-9,15-16H,6,14H2,1-3H3. The van der Waals surface area contributed by atoms with Gasteiger partial charge in [0.05, 0.1) is 10.6 Å². The van der Waals surface area contributed by atoms with Gasteiger partial charge in [-0.3, -0.25) is 0 Å². The van der Waals surface area contributed by atoms with E-state index in [4.69, 9.17) is 10.8 Å². The fraction of sp³-hybridized carbons (Fsp3) is 0.500. The first-order chi connectivity index (χ1) is 8.69. The molecule has 5 nitrogen and oxygen atoms in total. The molecule has 0 spiro atoms. The molecule has 0 saturated carbocycles. The average molecular weight is 290 g/mol. The van der Waals surface area contributed by atoms with Gasteiger partial charge in [-0.05, 0) is 37.5 Å². The molecule has 0 aliphatic rings. The first-order valence-corrected chi connectivity index (χ1v) is 7.36. The zero-order chi connectivity index (χ0) is 14.8. The summed E-state index contributed by atoms with van der Waals surface area (Å²) in [6.45, 7) is 4.74. The number of hydrogen-bond donors (Lipinski definition) is 3. The molecule has 0 fully saturated rings. The molecular weight excluding hydrogens is 271 g/mol. The Morgan fingerprint density at radius 1 is 1.42 bits per heavy atom. The highest BCUT2D eigenvalue weighted by molar-refractivity contribution is 7.89. The van der Waals surface area contributed by atoms with Crippen LogP contribution in [0, 0.1) is 18.7 Å². The molecule has 1 rings (SSSR count). The Kier molecular flexibility index (Phi) is 4.89. The summed E-state index contributed by atoms with van der Waals surface area (Å²) >= 11 is 0. The minimum absolute atomic E-state index is 0.0524. The lowest BCUT2D eigenvalue weighted by Crippen LogP contribution is -2.38. The molecule has 4 N–H and O–H groups in total. The summed E-state index contributed by atoms with van der Waals surface area (Å²) in [6.07, 6.45) is 0. The van der Waals surface area contributed by atoms with E-state index in [2.05, 4.69) is 4.72 Å². The van der Waals surface area contributed by atoms with Crippen LogP contribution >= 0.6 is 0 Å². The third kappa shape index (κ3) is 3.65. The van der Waals surface area contributed by atoms with Crippen LogP contribution in [0.3, 0.4) is 0 Å². The summed E-state index contributed by atoms with van der Waals surface area (Å²) in [4.78, 5) is -0.0524. The van der Waals surface area contributed by atoms with Crippen LogP contribution in [0.4, 0.5) is 10.1 Å². The van der Waals surface area contributed by atoms with E-state index in [1.807, 2.05) is 0 Å². The lowest BCUT2D eigenvalue weighted by atomic mass is 10.1. The third-order valence-electron chi connectivity index (χ3n) is 3.07. The Balaban J connectivity index is 3.11. The van der Waals surface area contributed by atoms with Crippen molar-refractivity contribution in [3.63, 3.8) is 0 Å². The quantitative estimate of drug-likeness (QED) is 0.706. The fourth-order valence-corrected chi connectivity index (χ4v) is 3.15. The van der Waals surface area contributed by atoms with Crippen LogP contribution in [-0.2, 0) is 10.0 Å². The van der Waals surface area contributed by atoms with E-state index in [0.29, 0.717) is 0 Å². The number of aryl methyl sites for hydroxylation is 1. The highest BCUT2D eigenvalue weighted by Gasteiger charge is 2.23. The molecule has 0 bridgehead atoms. The van der Waals surface area contributed by atoms with E-state index in [0.717, 1.165) is 12.1 Å². The van der Waals surface area contributed by atoms with E-state index in [1.54, 1.807) is 13.8 Å². The molecule has 0 aliphatic carbocycles. The van der Waals surface area contributed by atoms with Crippen molar-refractivity contribution in [1.29, 1.82) is 0 Å². The van der Waals surface area contributed by atoms with Gasteiger partial charge in [0, 0.05) is 12.6 Å². The molecule has 2 atom stereocenters. The minimum Gasteiger partial charge on any atom is -0.396 e. The number of benzene rings is 1. The molecule has 0 aliphatic heterocycles. The maximum atomic E-state index is 13.2. The second kappa shape index (κ2) is 5.85. The van der Waals surface area contributed by atoms with Crippen LogP contribution < -0.4 is 10.5 Å². The Labute approximate surface area is 112 Å². The van der Waals surface area contributed by atoms with Crippen LogP contribution in [0.15, 0.2) is 17.0 Å². The lowest BCUT2D eigenvalue weighted by molar-refractivity contribution is 0.216. The van der Waals surface area contributed by atoms with Crippen molar-refractivity contribution in [2.45, 2.75) is 31.7 Å². The molecule has 0 heterocycles. The number of sulfonamides is 1. The van der Waals surface area contributed by atoms with Gasteiger partial charge < -0.3 is 10.8 Å². The monoisotopic (exact) mass is 290 g/mol. The number of nitrogens with two attached hydrogens (primary N) is 1. The van der Waals surface area contributed by atoms with Crippen LogP contribution in [0.25, 0.3) is 0 Å². The molecule has 108 valence electrons. The number of aliphatic hydroxyl groups excluding tert-OH is 1. The normalized spacial score (nSPS) is 15.2. The van der Waals surface area contributed by atoms with Gasteiger partial charge in [-0.2, -0.15) is 0 Å². The van der Waals surface area contributed by atoms with E-state index in [1.165, 1.54) is 6.92 Å². The molecule has 0 aromatic heterocycles. The van der Waals surface area contributed by atoms with Crippen molar-refractivity contribution in [2.24, 2.45) is 5.92 Å². The number of hydrogen-bond acceptors (Lipinski definition) is 4. The van der Waals surface area contributed by atoms with Crippen LogP contribution in [-0.4, -0.2) is 26.2 Å². The number of aliphatic hydroxyl groups is 1. The Hall–Kier alpha value is -1.18. The average Bonchev–Trinajstić information content (AvgIpc) is 2.31. The summed E-state index contributed by atoms with van der Waals surface area (Å²) in [6, 6.07) is 1.74. The fourth-order valence-electron chi connectivity index (χ4n) is 1.54. The first kappa shape index (κ1) is 15.9. The highest BCUT2D eigenvalue weighted by Crippen LogP contribution is 2.22. The van der Waals surface area contributed by atoms with E-state index in [-0.39, 0.29) is 28.7 Å². The number of halogens is 1. The van der Waals surface area contributed by atoms with Crippen LogP contribution in [0.1, 0.15) is 19.4 Å². The molecule has 1 aromatic carbocycles. The first-order valence-electron chi connectivity index (χ1n) is 5.88. The molecule has 19 heavy (non-hydrogen) atoms. The van der Waals surface area contributed by atoms with Gasteiger partial charge in [0.15, 0.2) is 0 Å². The van der Waals surface area contributed by atoms with Gasteiger partial charge in [0.1, 0.15) is 5.82 Å². The second-order valence-corrected chi connectivity index (χ2v) is 6.39. The van der Waals surface area contributed by atoms with Crippen LogP contribution in [0.5, 0.6) is 0 Å². The van der Waals surface area contributed by atoms with Crippen molar-refractivity contribution in [3.05, 3.63) is 23.5 Å². The maximum Gasteiger partial charge on any atom is 0.241 e. The van der Waals surface area contributed by atoms with Gasteiger partial charge in [-0.15, -0.1) is 0 Å². The van der Waals surface area contributed by atoms with Gasteiger partial charge in [-0.25, -0.2) is 17.5 Å². The topological polar surface area (TPSA) is 92.4 Å². The molecule has 1 aromatic rings.